The Labute approximate surface area is 176 Å². The molecular weight excluding hydrogens is 407 g/mol. The minimum Gasteiger partial charge on any atom is -0.483 e. The number of fused-ring (bicyclic) bond motifs is 1. The summed E-state index contributed by atoms with van der Waals surface area (Å²) in [4.78, 5) is 15.6. The van der Waals surface area contributed by atoms with Crippen molar-refractivity contribution in [3.05, 3.63) is 23.0 Å². The lowest BCUT2D eigenvalue weighted by Crippen LogP contribution is -2.44. The number of nitrogens with zero attached hydrogens (tertiary/aromatic N) is 2. The van der Waals surface area contributed by atoms with Gasteiger partial charge in [-0.1, -0.05) is 11.6 Å². The average molecular weight is 433 g/mol. The molecule has 0 N–H and O–H groups in total. The smallest absolute Gasteiger partial charge is 0.409 e. The van der Waals surface area contributed by atoms with Gasteiger partial charge >= 0.3 is 6.09 Å². The van der Waals surface area contributed by atoms with E-state index in [1.807, 2.05) is 0 Å². The van der Waals surface area contributed by atoms with Gasteiger partial charge in [0.25, 0.3) is 0 Å². The number of piperidine rings is 1. The molecule has 3 aliphatic heterocycles. The van der Waals surface area contributed by atoms with E-state index in [2.05, 4.69) is 4.90 Å². The van der Waals surface area contributed by atoms with Gasteiger partial charge in [0.15, 0.2) is 17.3 Å². The number of carbonyl (C=O) groups is 1. The molecule has 0 bridgehead atoms. The predicted molar refractivity (Wildman–Crippen MR) is 108 cm³/mol. The molecule has 1 atom stereocenters. The van der Waals surface area contributed by atoms with Gasteiger partial charge in [0.2, 0.25) is 0 Å². The third-order valence-corrected chi connectivity index (χ3v) is 5.72. The highest BCUT2D eigenvalue weighted by Gasteiger charge is 2.29. The molecule has 9 heteroatoms. The number of amides is 1. The van der Waals surface area contributed by atoms with Gasteiger partial charge in [0.1, 0.15) is 19.3 Å². The van der Waals surface area contributed by atoms with Crippen LogP contribution >= 0.6 is 25.1 Å². The van der Waals surface area contributed by atoms with Gasteiger partial charge < -0.3 is 19.1 Å². The number of likely N-dealkylation sites (tertiary alicyclic amines) is 1. The zero-order valence-corrected chi connectivity index (χ0v) is 17.4. The Morgan fingerprint density at radius 1 is 1.18 bits per heavy atom. The molecule has 0 radical (unpaired) electrons. The fourth-order valence-electron chi connectivity index (χ4n) is 3.96. The van der Waals surface area contributed by atoms with Crippen LogP contribution in [0.4, 0.5) is 9.18 Å². The number of ether oxygens (including phenoxy) is 3. The zero-order valence-electron chi connectivity index (χ0n) is 15.7. The molecule has 156 valence electrons. The highest BCUT2D eigenvalue weighted by atomic mass is 35.5. The second-order valence-corrected chi connectivity index (χ2v) is 7.84. The van der Waals surface area contributed by atoms with E-state index in [0.717, 1.165) is 45.4 Å². The van der Waals surface area contributed by atoms with Crippen molar-refractivity contribution in [2.24, 2.45) is 5.92 Å². The molecule has 4 rings (SSSR count). The number of halogens is 2. The Morgan fingerprint density at radius 3 is 2.68 bits per heavy atom. The van der Waals surface area contributed by atoms with Crippen molar-refractivity contribution in [1.29, 1.82) is 0 Å². The van der Waals surface area contributed by atoms with Crippen molar-refractivity contribution >= 4 is 31.2 Å². The number of hydrogen-bond acceptors (Lipinski definition) is 5. The SMILES string of the molecule is O=C1OCCN1CCC1CCN(C[C@H]2COc3c(F)cc(Cl)cc3O2)CC1.S. The van der Waals surface area contributed by atoms with Crippen LogP contribution in [-0.2, 0) is 4.74 Å². The Hall–Kier alpha value is -1.38. The third kappa shape index (κ3) is 4.96. The van der Waals surface area contributed by atoms with Crippen LogP contribution in [0.2, 0.25) is 5.02 Å². The summed E-state index contributed by atoms with van der Waals surface area (Å²) < 4.78 is 30.3. The lowest BCUT2D eigenvalue weighted by Gasteiger charge is -2.36. The summed E-state index contributed by atoms with van der Waals surface area (Å²) in [7, 11) is 0. The number of benzene rings is 1. The quantitative estimate of drug-likeness (QED) is 0.714. The highest BCUT2D eigenvalue weighted by Crippen LogP contribution is 2.37. The fraction of sp³-hybridized carbons (Fsp3) is 0.632. The Kier molecular flexibility index (Phi) is 7.17. The second-order valence-electron chi connectivity index (χ2n) is 7.40. The van der Waals surface area contributed by atoms with Crippen LogP contribution in [0.25, 0.3) is 0 Å². The van der Waals surface area contributed by atoms with E-state index < -0.39 is 5.82 Å². The minimum atomic E-state index is -0.487. The first kappa shape index (κ1) is 21.3. The third-order valence-electron chi connectivity index (χ3n) is 5.50. The van der Waals surface area contributed by atoms with E-state index in [0.29, 0.717) is 36.4 Å². The molecule has 1 aromatic rings. The molecule has 3 heterocycles. The number of hydrogen-bond donors (Lipinski definition) is 0. The van der Waals surface area contributed by atoms with Crippen LogP contribution < -0.4 is 9.47 Å². The maximum atomic E-state index is 13.8. The summed E-state index contributed by atoms with van der Waals surface area (Å²) in [5.74, 6) is 0.670. The van der Waals surface area contributed by atoms with Gasteiger partial charge in [-0.3, -0.25) is 4.90 Å². The van der Waals surface area contributed by atoms with Crippen LogP contribution in [0.3, 0.4) is 0 Å². The molecule has 0 aromatic heterocycles. The standard InChI is InChI=1S/C19H24ClFN2O4.H2S/c20-14-9-16(21)18-17(10-14)27-15(12-26-18)11-22-4-1-13(2-5-22)3-6-23-7-8-25-19(23)24;/h9-10,13,15H,1-8,11-12H2;1H2/t15-;/m0./s1. The summed E-state index contributed by atoms with van der Waals surface area (Å²) in [6.45, 7) is 5.08. The van der Waals surface area contributed by atoms with Gasteiger partial charge in [-0.2, -0.15) is 13.5 Å². The number of cyclic esters (lactones) is 1. The van der Waals surface area contributed by atoms with E-state index in [-0.39, 0.29) is 31.4 Å². The molecule has 6 nitrogen and oxygen atoms in total. The number of carbonyl (C=O) groups excluding carboxylic acids is 1. The van der Waals surface area contributed by atoms with Crippen molar-refractivity contribution in [2.75, 3.05) is 45.9 Å². The van der Waals surface area contributed by atoms with Crippen molar-refractivity contribution < 1.29 is 23.4 Å². The Morgan fingerprint density at radius 2 is 1.96 bits per heavy atom. The topological polar surface area (TPSA) is 51.2 Å². The summed E-state index contributed by atoms with van der Waals surface area (Å²) in [6, 6.07) is 2.83. The van der Waals surface area contributed by atoms with Crippen LogP contribution in [0.5, 0.6) is 11.5 Å². The summed E-state index contributed by atoms with van der Waals surface area (Å²) in [5.41, 5.74) is 0. The van der Waals surface area contributed by atoms with E-state index in [4.69, 9.17) is 25.8 Å². The van der Waals surface area contributed by atoms with E-state index in [1.54, 1.807) is 11.0 Å². The molecule has 28 heavy (non-hydrogen) atoms. The molecule has 3 aliphatic rings. The monoisotopic (exact) mass is 432 g/mol. The first-order valence-corrected chi connectivity index (χ1v) is 9.89. The van der Waals surface area contributed by atoms with E-state index >= 15 is 0 Å². The Balaban J connectivity index is 0.00000225. The lowest BCUT2D eigenvalue weighted by molar-refractivity contribution is 0.0443. The molecule has 0 saturated carbocycles. The molecule has 2 fully saturated rings. The van der Waals surface area contributed by atoms with Gasteiger partial charge in [0.05, 0.1) is 6.54 Å². The molecule has 2 saturated heterocycles. The normalized spacial score (nSPS) is 22.7. The van der Waals surface area contributed by atoms with Crippen molar-refractivity contribution in [2.45, 2.75) is 25.4 Å². The molecular formula is C19H26ClFN2O4S. The van der Waals surface area contributed by atoms with Crippen molar-refractivity contribution in [3.63, 3.8) is 0 Å². The first-order chi connectivity index (χ1) is 13.1. The van der Waals surface area contributed by atoms with Gasteiger partial charge in [-0.05, 0) is 44.3 Å². The lowest BCUT2D eigenvalue weighted by atomic mass is 9.93. The molecule has 0 aliphatic carbocycles. The summed E-state index contributed by atoms with van der Waals surface area (Å²) >= 11 is 5.91. The van der Waals surface area contributed by atoms with Gasteiger partial charge in [0, 0.05) is 24.2 Å². The van der Waals surface area contributed by atoms with Gasteiger partial charge in [-0.25, -0.2) is 9.18 Å². The van der Waals surface area contributed by atoms with Gasteiger partial charge in [-0.15, -0.1) is 0 Å². The van der Waals surface area contributed by atoms with Crippen molar-refractivity contribution in [3.8, 4) is 11.5 Å². The van der Waals surface area contributed by atoms with E-state index in [9.17, 15) is 9.18 Å². The van der Waals surface area contributed by atoms with Crippen molar-refractivity contribution in [1.82, 2.24) is 9.80 Å². The van der Waals surface area contributed by atoms with E-state index in [1.165, 1.54) is 6.07 Å². The Bertz CT molecular complexity index is 703. The molecule has 0 spiro atoms. The average Bonchev–Trinajstić information content (AvgIpc) is 3.05. The molecule has 1 aromatic carbocycles. The highest BCUT2D eigenvalue weighted by molar-refractivity contribution is 7.59. The van der Waals surface area contributed by atoms with Crippen LogP contribution in [0, 0.1) is 11.7 Å². The fourth-order valence-corrected chi connectivity index (χ4v) is 4.15. The zero-order chi connectivity index (χ0) is 18.8. The second kappa shape index (κ2) is 9.41. The maximum absolute atomic E-state index is 13.8. The predicted octanol–water partition coefficient (Wildman–Crippen LogP) is 3.29. The van der Waals surface area contributed by atoms with Crippen LogP contribution in [-0.4, -0.2) is 67.9 Å². The summed E-state index contributed by atoms with van der Waals surface area (Å²) in [5, 5.41) is 0.304. The molecule has 0 unspecified atom stereocenters. The minimum absolute atomic E-state index is 0. The largest absolute Gasteiger partial charge is 0.483 e. The van der Waals surface area contributed by atoms with Crippen LogP contribution in [0.1, 0.15) is 19.3 Å². The first-order valence-electron chi connectivity index (χ1n) is 9.51. The summed E-state index contributed by atoms with van der Waals surface area (Å²) in [6.07, 6.45) is 2.92. The number of rotatable bonds is 5. The maximum Gasteiger partial charge on any atom is 0.409 e. The van der Waals surface area contributed by atoms with Crippen LogP contribution in [0.15, 0.2) is 12.1 Å². The molecule has 1 amide bonds.